The van der Waals surface area contributed by atoms with Gasteiger partial charge in [-0.3, -0.25) is 19.4 Å². The van der Waals surface area contributed by atoms with E-state index in [1.807, 2.05) is 47.8 Å². The molecule has 2 heterocycles. The zero-order valence-electron chi connectivity index (χ0n) is 26.5. The van der Waals surface area contributed by atoms with Gasteiger partial charge in [0.1, 0.15) is 0 Å². The van der Waals surface area contributed by atoms with Gasteiger partial charge in [0.25, 0.3) is 0 Å². The highest BCUT2D eigenvalue weighted by Gasteiger charge is 2.26. The Hall–Kier alpha value is -5.20. The molecule has 2 aliphatic rings. The molecule has 0 bridgehead atoms. The number of hydrogen-bond acceptors (Lipinski definition) is 10. The van der Waals surface area contributed by atoms with Crippen LogP contribution in [-0.2, 0) is 38.4 Å². The number of aliphatic carboxylic acids is 6. The predicted octanol–water partition coefficient (Wildman–Crippen LogP) is -1.41. The molecule has 18 nitrogen and oxygen atoms in total. The van der Waals surface area contributed by atoms with Gasteiger partial charge in [-0.15, -0.1) is 0 Å². The van der Waals surface area contributed by atoms with Crippen LogP contribution in [0.15, 0.2) is 0 Å². The second-order valence-corrected chi connectivity index (χ2v) is 9.83. The summed E-state index contributed by atoms with van der Waals surface area (Å²) in [6.45, 7) is 6.87. The Morgan fingerprint density at radius 2 is 0.804 bits per heavy atom. The minimum atomic E-state index is -1.82. The summed E-state index contributed by atoms with van der Waals surface area (Å²) in [4.78, 5) is 85.1. The third-order valence-corrected chi connectivity index (χ3v) is 5.34. The van der Waals surface area contributed by atoms with Gasteiger partial charge in [0.15, 0.2) is 0 Å². The van der Waals surface area contributed by atoms with Gasteiger partial charge in [-0.25, -0.2) is 28.8 Å². The Morgan fingerprint density at radius 1 is 0.565 bits per heavy atom. The third-order valence-electron chi connectivity index (χ3n) is 5.34. The molecule has 6 N–H and O–H groups in total. The first-order chi connectivity index (χ1) is 21.1. The molecule has 0 aliphatic carbocycles. The van der Waals surface area contributed by atoms with Crippen LogP contribution in [0, 0.1) is 23.7 Å². The minimum absolute atomic E-state index is 0.247. The third kappa shape index (κ3) is 25.3. The van der Waals surface area contributed by atoms with E-state index in [9.17, 15) is 9.59 Å². The highest BCUT2D eigenvalue weighted by Crippen LogP contribution is 2.17. The smallest absolute Gasteiger partial charge is 0.414 e. The van der Waals surface area contributed by atoms with Crippen LogP contribution in [0.1, 0.15) is 39.5 Å². The van der Waals surface area contributed by atoms with Crippen LogP contribution in [0.5, 0.6) is 0 Å². The minimum Gasteiger partial charge on any atom is -0.473 e. The van der Waals surface area contributed by atoms with Crippen molar-refractivity contribution in [3.05, 3.63) is 0 Å². The molecule has 0 spiro atoms. The van der Waals surface area contributed by atoms with Gasteiger partial charge < -0.3 is 40.4 Å². The van der Waals surface area contributed by atoms with E-state index in [1.165, 1.54) is 0 Å². The van der Waals surface area contributed by atoms with Crippen molar-refractivity contribution in [3.63, 3.8) is 0 Å². The molecular weight excluding hydrogens is 616 g/mol. The van der Waals surface area contributed by atoms with E-state index in [0.29, 0.717) is 38.0 Å². The lowest BCUT2D eigenvalue weighted by Gasteiger charge is -2.18. The first kappa shape index (κ1) is 45.2. The molecule has 0 radical (unpaired) electrons. The van der Waals surface area contributed by atoms with E-state index in [2.05, 4.69) is 37.5 Å². The predicted molar refractivity (Wildman–Crippen MR) is 159 cm³/mol. The van der Waals surface area contributed by atoms with Crippen LogP contribution in [0.3, 0.4) is 0 Å². The molecule has 0 aromatic heterocycles. The first-order valence-corrected chi connectivity index (χ1v) is 13.3. The van der Waals surface area contributed by atoms with Crippen LogP contribution >= 0.6 is 0 Å². The fourth-order valence-corrected chi connectivity index (χ4v) is 2.95. The number of likely N-dealkylation sites (tertiary alicyclic amines) is 2. The summed E-state index contributed by atoms with van der Waals surface area (Å²) in [6, 6.07) is 0.743. The second-order valence-electron chi connectivity index (χ2n) is 9.83. The molecule has 2 atom stereocenters. The number of carbonyl (C=O) groups is 8. The molecule has 2 aliphatic heterocycles. The van der Waals surface area contributed by atoms with Gasteiger partial charge in [0, 0.05) is 24.9 Å². The highest BCUT2D eigenvalue weighted by atomic mass is 16.5. The van der Waals surface area contributed by atoms with Crippen molar-refractivity contribution in [2.24, 2.45) is 0 Å². The first-order valence-electron chi connectivity index (χ1n) is 13.3. The van der Waals surface area contributed by atoms with Crippen LogP contribution in [0.4, 0.5) is 0 Å². The lowest BCUT2D eigenvalue weighted by Crippen LogP contribution is -2.31. The van der Waals surface area contributed by atoms with Gasteiger partial charge in [-0.05, 0) is 54.9 Å². The molecule has 18 heteroatoms. The van der Waals surface area contributed by atoms with Crippen molar-refractivity contribution in [2.45, 2.75) is 51.6 Å². The van der Waals surface area contributed by atoms with E-state index in [-0.39, 0.29) is 11.8 Å². The largest absolute Gasteiger partial charge is 0.473 e. The van der Waals surface area contributed by atoms with Crippen LogP contribution < -0.4 is 0 Å². The molecule has 0 aromatic rings. The zero-order valence-corrected chi connectivity index (χ0v) is 26.5. The lowest BCUT2D eigenvalue weighted by molar-refractivity contribution is -0.159. The van der Waals surface area contributed by atoms with Crippen LogP contribution in [0.2, 0.25) is 0 Å². The fraction of sp³-hybridized carbons (Fsp3) is 0.571. The monoisotopic (exact) mass is 658 g/mol. The number of amides is 2. The summed E-state index contributed by atoms with van der Waals surface area (Å²) >= 11 is 0. The van der Waals surface area contributed by atoms with Crippen LogP contribution in [0.25, 0.3) is 0 Å². The maximum atomic E-state index is 11.4. The molecule has 2 rings (SSSR count). The number of carboxylic acids is 6. The average Bonchev–Trinajstić information content (AvgIpc) is 3.44. The summed E-state index contributed by atoms with van der Waals surface area (Å²) in [5.74, 6) is 1.68. The number of rotatable bonds is 4. The van der Waals surface area contributed by atoms with Crippen LogP contribution in [-0.4, -0.2) is 164 Å². The van der Waals surface area contributed by atoms with Gasteiger partial charge in [-0.1, -0.05) is 23.7 Å². The normalized spacial score (nSPS) is 15.8. The van der Waals surface area contributed by atoms with Crippen molar-refractivity contribution >= 4 is 47.6 Å². The Bertz CT molecular complexity index is 1040. The number of nitrogens with zero attached hydrogens (tertiary/aromatic N) is 4. The second kappa shape index (κ2) is 25.2. The lowest BCUT2D eigenvalue weighted by atomic mass is 10.2. The Kier molecular flexibility index (Phi) is 24.7. The maximum absolute atomic E-state index is 11.4. The summed E-state index contributed by atoms with van der Waals surface area (Å²) in [6.07, 6.45) is 3.34. The van der Waals surface area contributed by atoms with Gasteiger partial charge >= 0.3 is 35.8 Å². The van der Waals surface area contributed by atoms with Crippen molar-refractivity contribution in [1.82, 2.24) is 19.6 Å². The topological polar surface area (TPSA) is 271 Å². The molecule has 258 valence electrons. The van der Waals surface area contributed by atoms with Crippen molar-refractivity contribution in [2.75, 3.05) is 54.4 Å². The van der Waals surface area contributed by atoms with E-state index in [0.717, 1.165) is 25.9 Å². The van der Waals surface area contributed by atoms with Gasteiger partial charge in [0.05, 0.1) is 26.2 Å². The molecule has 2 saturated heterocycles. The van der Waals surface area contributed by atoms with Gasteiger partial charge in [-0.2, -0.15) is 0 Å². The summed E-state index contributed by atoms with van der Waals surface area (Å²) in [5, 5.41) is 44.3. The van der Waals surface area contributed by atoms with E-state index in [1.54, 1.807) is 0 Å². The summed E-state index contributed by atoms with van der Waals surface area (Å²) in [7, 11) is 7.94. The fourth-order valence-electron chi connectivity index (χ4n) is 2.95. The molecule has 0 aromatic carbocycles. The van der Waals surface area contributed by atoms with E-state index in [4.69, 9.17) is 59.4 Å². The van der Waals surface area contributed by atoms with E-state index >= 15 is 0 Å². The molecule has 0 saturated carbocycles. The molecule has 2 fully saturated rings. The van der Waals surface area contributed by atoms with Gasteiger partial charge in [0.2, 0.25) is 11.8 Å². The number of carbonyl (C=O) groups excluding carboxylic acids is 2. The molecule has 0 unspecified atom stereocenters. The quantitative estimate of drug-likeness (QED) is 0.150. The Balaban J connectivity index is -0.000000537. The average molecular weight is 659 g/mol. The SMILES string of the molecule is C[C@H]1CCC(=O)N1CC#CCN(C)C.C[C@H]1CCC(=O)N1CC#CCN(C)C.O=C(O)C(=O)O.O=C(O)C(=O)O.O=C(O)C(=O)O. The summed E-state index contributed by atoms with van der Waals surface area (Å²) < 4.78 is 0. The Labute approximate surface area is 266 Å². The van der Waals surface area contributed by atoms with E-state index < -0.39 is 35.8 Å². The number of carboxylic acid groups (broad SMARTS) is 6. The van der Waals surface area contributed by atoms with Crippen molar-refractivity contribution in [3.8, 4) is 23.7 Å². The Morgan fingerprint density at radius 3 is 0.957 bits per heavy atom. The molecule has 2 amide bonds. The molecule has 46 heavy (non-hydrogen) atoms. The number of hydrogen-bond donors (Lipinski definition) is 6. The summed E-state index contributed by atoms with van der Waals surface area (Å²) in [5.41, 5.74) is 0. The van der Waals surface area contributed by atoms with Crippen molar-refractivity contribution in [1.29, 1.82) is 0 Å². The van der Waals surface area contributed by atoms with Crippen molar-refractivity contribution < 1.29 is 69.0 Å². The highest BCUT2D eigenvalue weighted by molar-refractivity contribution is 6.28. The zero-order chi connectivity index (χ0) is 36.6. The molecular formula is C28H42N4O14. The maximum Gasteiger partial charge on any atom is 0.414 e. The standard InChI is InChI=1S/2C11H18N2O.3C2H2O4/c2*1-10-6-7-11(14)13(10)9-5-4-8-12(2)3;3*3-1(4)2(5)6/h2*10H,6-9H2,1-3H3;3*(H,3,4)(H,5,6)/t2*10-;;;/m00.../s1.